The second-order valence-electron chi connectivity index (χ2n) is 5.77. The van der Waals surface area contributed by atoms with Crippen LogP contribution in [0.2, 0.25) is 0 Å². The summed E-state index contributed by atoms with van der Waals surface area (Å²) in [4.78, 5) is 24.5. The predicted octanol–water partition coefficient (Wildman–Crippen LogP) is 2.60. The highest BCUT2D eigenvalue weighted by Gasteiger charge is 2.12. The standard InChI is InChI=1S/C19H23N3O4/c1-5-26-16-9-8-14(11-17(16)25-4)12-20-21-18(23)15-7-6-10-22(13(2)3)19(15)24/h6-13H,5H2,1-4H3,(H,21,23)/b20-12-. The van der Waals surface area contributed by atoms with Crippen LogP contribution in [0.15, 0.2) is 46.4 Å². The molecule has 0 fully saturated rings. The van der Waals surface area contributed by atoms with Crippen molar-refractivity contribution in [2.24, 2.45) is 5.10 Å². The zero-order valence-electron chi connectivity index (χ0n) is 15.4. The van der Waals surface area contributed by atoms with Crippen molar-refractivity contribution in [1.29, 1.82) is 0 Å². The average Bonchev–Trinajstić information content (AvgIpc) is 2.62. The number of hydrogen-bond acceptors (Lipinski definition) is 5. The lowest BCUT2D eigenvalue weighted by atomic mass is 10.2. The molecule has 0 saturated heterocycles. The Morgan fingerprint density at radius 2 is 2.08 bits per heavy atom. The van der Waals surface area contributed by atoms with Gasteiger partial charge in [-0.25, -0.2) is 5.43 Å². The van der Waals surface area contributed by atoms with Gasteiger partial charge in [0, 0.05) is 12.2 Å². The Morgan fingerprint density at radius 1 is 1.31 bits per heavy atom. The summed E-state index contributed by atoms with van der Waals surface area (Å²) in [5.41, 5.74) is 2.79. The van der Waals surface area contributed by atoms with E-state index in [9.17, 15) is 9.59 Å². The normalized spacial score (nSPS) is 11.0. The number of carbonyl (C=O) groups excluding carboxylic acids is 1. The number of hydrogen-bond donors (Lipinski definition) is 1. The Balaban J connectivity index is 2.12. The molecule has 1 heterocycles. The number of rotatable bonds is 7. The molecule has 1 amide bonds. The van der Waals surface area contributed by atoms with Crippen LogP contribution in [0.4, 0.5) is 0 Å². The van der Waals surface area contributed by atoms with Gasteiger partial charge >= 0.3 is 0 Å². The first kappa shape index (κ1) is 19.2. The molecular formula is C19H23N3O4. The molecule has 0 saturated carbocycles. The Hall–Kier alpha value is -3.09. The molecular weight excluding hydrogens is 334 g/mol. The van der Waals surface area contributed by atoms with Crippen molar-refractivity contribution in [3.8, 4) is 11.5 Å². The zero-order chi connectivity index (χ0) is 19.1. The van der Waals surface area contributed by atoms with Crippen LogP contribution in [0.5, 0.6) is 11.5 Å². The van der Waals surface area contributed by atoms with E-state index in [4.69, 9.17) is 9.47 Å². The van der Waals surface area contributed by atoms with Gasteiger partial charge in [0.05, 0.1) is 19.9 Å². The molecule has 7 heteroatoms. The van der Waals surface area contributed by atoms with Gasteiger partial charge in [-0.2, -0.15) is 5.10 Å². The summed E-state index contributed by atoms with van der Waals surface area (Å²) in [5.74, 6) is 0.652. The van der Waals surface area contributed by atoms with E-state index in [-0.39, 0.29) is 17.2 Å². The van der Waals surface area contributed by atoms with E-state index >= 15 is 0 Å². The minimum absolute atomic E-state index is 0.0323. The maximum absolute atomic E-state index is 12.3. The molecule has 138 valence electrons. The molecule has 2 rings (SSSR count). The summed E-state index contributed by atoms with van der Waals surface area (Å²) in [6, 6.07) is 8.41. The van der Waals surface area contributed by atoms with Crippen LogP contribution in [0, 0.1) is 0 Å². The topological polar surface area (TPSA) is 81.9 Å². The monoisotopic (exact) mass is 357 g/mol. The van der Waals surface area contributed by atoms with Gasteiger partial charge in [-0.05, 0) is 56.7 Å². The number of benzene rings is 1. The van der Waals surface area contributed by atoms with E-state index in [1.807, 2.05) is 20.8 Å². The molecule has 0 aliphatic carbocycles. The third kappa shape index (κ3) is 4.50. The van der Waals surface area contributed by atoms with E-state index in [1.54, 1.807) is 37.6 Å². The fourth-order valence-corrected chi connectivity index (χ4v) is 2.35. The van der Waals surface area contributed by atoms with Crippen LogP contribution in [0.3, 0.4) is 0 Å². The molecule has 7 nitrogen and oxygen atoms in total. The van der Waals surface area contributed by atoms with Gasteiger partial charge in [-0.3, -0.25) is 9.59 Å². The number of nitrogens with one attached hydrogen (secondary N) is 1. The van der Waals surface area contributed by atoms with Gasteiger partial charge in [0.1, 0.15) is 5.56 Å². The van der Waals surface area contributed by atoms with Crippen LogP contribution < -0.4 is 20.5 Å². The second kappa shape index (κ2) is 8.84. The Bertz CT molecular complexity index is 856. The molecule has 0 bridgehead atoms. The van der Waals surface area contributed by atoms with Crippen LogP contribution in [-0.2, 0) is 0 Å². The van der Waals surface area contributed by atoms with Gasteiger partial charge in [0.2, 0.25) is 0 Å². The number of amides is 1. The van der Waals surface area contributed by atoms with E-state index in [0.29, 0.717) is 18.1 Å². The third-order valence-electron chi connectivity index (χ3n) is 3.64. The summed E-state index contributed by atoms with van der Waals surface area (Å²) >= 11 is 0. The second-order valence-corrected chi connectivity index (χ2v) is 5.77. The fourth-order valence-electron chi connectivity index (χ4n) is 2.35. The molecule has 1 N–H and O–H groups in total. The quantitative estimate of drug-likeness (QED) is 0.610. The number of nitrogens with zero attached hydrogens (tertiary/aromatic N) is 2. The summed E-state index contributed by atoms with van der Waals surface area (Å²) < 4.78 is 12.2. The van der Waals surface area contributed by atoms with Crippen molar-refractivity contribution in [3.05, 3.63) is 58.0 Å². The highest BCUT2D eigenvalue weighted by Crippen LogP contribution is 2.27. The van der Waals surface area contributed by atoms with E-state index in [2.05, 4.69) is 10.5 Å². The van der Waals surface area contributed by atoms with Gasteiger partial charge in [0.25, 0.3) is 11.5 Å². The van der Waals surface area contributed by atoms with Gasteiger partial charge in [-0.1, -0.05) is 0 Å². The minimum atomic E-state index is -0.556. The number of methoxy groups -OCH3 is 1. The Labute approximate surface area is 152 Å². The fraction of sp³-hybridized carbons (Fsp3) is 0.316. The van der Waals surface area contributed by atoms with E-state index < -0.39 is 5.91 Å². The van der Waals surface area contributed by atoms with Gasteiger partial charge < -0.3 is 14.0 Å². The maximum Gasteiger partial charge on any atom is 0.276 e. The first-order valence-electron chi connectivity index (χ1n) is 8.33. The van der Waals surface area contributed by atoms with Crippen LogP contribution in [-0.4, -0.2) is 30.4 Å². The van der Waals surface area contributed by atoms with Crippen molar-refractivity contribution >= 4 is 12.1 Å². The summed E-state index contributed by atoms with van der Waals surface area (Å²) in [6.45, 7) is 6.17. The molecule has 26 heavy (non-hydrogen) atoms. The maximum atomic E-state index is 12.3. The first-order valence-corrected chi connectivity index (χ1v) is 8.33. The van der Waals surface area contributed by atoms with Crippen molar-refractivity contribution in [2.45, 2.75) is 26.8 Å². The molecule has 0 aliphatic heterocycles. The summed E-state index contributed by atoms with van der Waals surface area (Å²) in [6.07, 6.45) is 3.12. The Morgan fingerprint density at radius 3 is 2.73 bits per heavy atom. The van der Waals surface area contributed by atoms with Crippen molar-refractivity contribution in [3.63, 3.8) is 0 Å². The molecule has 2 aromatic rings. The third-order valence-corrected chi connectivity index (χ3v) is 3.64. The molecule has 1 aromatic heterocycles. The largest absolute Gasteiger partial charge is 0.493 e. The molecule has 0 aliphatic rings. The summed E-state index contributed by atoms with van der Waals surface area (Å²) in [5, 5.41) is 3.92. The molecule has 0 unspecified atom stereocenters. The smallest absolute Gasteiger partial charge is 0.276 e. The average molecular weight is 357 g/mol. The zero-order valence-corrected chi connectivity index (χ0v) is 15.4. The SMILES string of the molecule is CCOc1ccc(/C=N\NC(=O)c2cccn(C(C)C)c2=O)cc1OC. The van der Waals surface area contributed by atoms with Crippen molar-refractivity contribution < 1.29 is 14.3 Å². The van der Waals surface area contributed by atoms with Crippen LogP contribution in [0.1, 0.15) is 42.7 Å². The highest BCUT2D eigenvalue weighted by molar-refractivity contribution is 5.94. The number of aromatic nitrogens is 1. The lowest BCUT2D eigenvalue weighted by Crippen LogP contribution is -2.31. The van der Waals surface area contributed by atoms with Gasteiger partial charge in [-0.15, -0.1) is 0 Å². The lowest BCUT2D eigenvalue weighted by molar-refractivity contribution is 0.0953. The highest BCUT2D eigenvalue weighted by atomic mass is 16.5. The molecule has 0 radical (unpaired) electrons. The van der Waals surface area contributed by atoms with Crippen LogP contribution >= 0.6 is 0 Å². The molecule has 1 aromatic carbocycles. The molecule has 0 atom stereocenters. The number of ether oxygens (including phenoxy) is 2. The number of carbonyl (C=O) groups is 1. The lowest BCUT2D eigenvalue weighted by Gasteiger charge is -2.10. The van der Waals surface area contributed by atoms with E-state index in [0.717, 1.165) is 5.56 Å². The first-order chi connectivity index (χ1) is 12.5. The predicted molar refractivity (Wildman–Crippen MR) is 100 cm³/mol. The van der Waals surface area contributed by atoms with E-state index in [1.165, 1.54) is 16.8 Å². The Kier molecular flexibility index (Phi) is 6.54. The van der Waals surface area contributed by atoms with Crippen LogP contribution in [0.25, 0.3) is 0 Å². The van der Waals surface area contributed by atoms with Crippen molar-refractivity contribution in [1.82, 2.24) is 9.99 Å². The number of hydrazone groups is 1. The number of pyridine rings is 1. The minimum Gasteiger partial charge on any atom is -0.493 e. The summed E-state index contributed by atoms with van der Waals surface area (Å²) in [7, 11) is 1.55. The molecule has 0 spiro atoms. The van der Waals surface area contributed by atoms with Crippen molar-refractivity contribution in [2.75, 3.05) is 13.7 Å². The van der Waals surface area contributed by atoms with Gasteiger partial charge in [0.15, 0.2) is 11.5 Å².